The fourth-order valence-electron chi connectivity index (χ4n) is 1.45. The van der Waals surface area contributed by atoms with Gasteiger partial charge in [-0.15, -0.1) is 0 Å². The monoisotopic (exact) mass is 299 g/mol. The van der Waals surface area contributed by atoms with E-state index in [1.165, 1.54) is 24.8 Å². The fourth-order valence-corrected chi connectivity index (χ4v) is 1.45. The molecule has 0 amide bonds. The highest BCUT2D eigenvalue weighted by atomic mass is 16.5. The van der Waals surface area contributed by atoms with Gasteiger partial charge in [0.15, 0.2) is 0 Å². The van der Waals surface area contributed by atoms with Crippen LogP contribution in [0, 0.1) is 5.92 Å². The van der Waals surface area contributed by atoms with Crippen molar-refractivity contribution in [2.75, 3.05) is 27.4 Å². The van der Waals surface area contributed by atoms with E-state index in [9.17, 15) is 0 Å². The van der Waals surface area contributed by atoms with Gasteiger partial charge >= 0.3 is 0 Å². The van der Waals surface area contributed by atoms with Gasteiger partial charge in [-0.05, 0) is 24.9 Å². The zero-order valence-corrected chi connectivity index (χ0v) is 14.6. The second-order valence-electron chi connectivity index (χ2n) is 4.96. The molecule has 0 aliphatic rings. The number of aliphatic hydroxyl groups is 1. The molecule has 0 aliphatic carbocycles. The van der Waals surface area contributed by atoms with Crippen LogP contribution < -0.4 is 5.32 Å². The van der Waals surface area contributed by atoms with Gasteiger partial charge in [-0.1, -0.05) is 63.9 Å². The Morgan fingerprint density at radius 3 is 2.29 bits per heavy atom. The Bertz CT molecular complexity index is 284. The molecule has 1 atom stereocenters. The van der Waals surface area contributed by atoms with Crippen LogP contribution in [-0.2, 0) is 11.3 Å². The number of aliphatic hydroxyl groups excluding tert-OH is 1. The van der Waals surface area contributed by atoms with Crippen molar-refractivity contribution in [2.45, 2.75) is 46.6 Å². The van der Waals surface area contributed by atoms with Crippen molar-refractivity contribution in [1.82, 2.24) is 5.32 Å². The summed E-state index contributed by atoms with van der Waals surface area (Å²) in [4.78, 5) is 0. The summed E-state index contributed by atoms with van der Waals surface area (Å²) in [5, 5.41) is 10.1. The maximum atomic E-state index is 7.00. The zero-order valence-electron chi connectivity index (χ0n) is 14.6. The molecule has 3 nitrogen and oxygen atoms in total. The molecule has 0 aromatic heterocycles. The van der Waals surface area contributed by atoms with Gasteiger partial charge in [0.1, 0.15) is 0 Å². The molecule has 126 valence electrons. The van der Waals surface area contributed by atoms with Gasteiger partial charge < -0.3 is 15.2 Å². The number of ether oxygens (including phenoxy) is 1. The number of nitrogens with one attached hydrogen (secondary N) is 1. The van der Waals surface area contributed by atoms with Gasteiger partial charge in [-0.2, -0.15) is 0 Å². The molecule has 0 spiro atoms. The third-order valence-corrected chi connectivity index (χ3v) is 2.97. The highest BCUT2D eigenvalue weighted by Gasteiger charge is 1.96. The highest BCUT2D eigenvalue weighted by Crippen LogP contribution is 2.01. The van der Waals surface area contributed by atoms with Gasteiger partial charge in [0.2, 0.25) is 0 Å². The normalized spacial score (nSPS) is 10.8. The van der Waals surface area contributed by atoms with Gasteiger partial charge in [-0.3, -0.25) is 0 Å². The molecule has 1 rings (SSSR count). The Kier molecular flexibility index (Phi) is 20.4. The van der Waals surface area contributed by atoms with Gasteiger partial charge in [0.25, 0.3) is 0 Å². The summed E-state index contributed by atoms with van der Waals surface area (Å²) in [6.45, 7) is 9.46. The summed E-state index contributed by atoms with van der Waals surface area (Å²) in [7, 11) is 2.95. The molecule has 0 aliphatic heterocycles. The standard InChI is InChI=1S/C9H20O.C8H11N.CH4O.H2/c1-4-6-7-10-8-9(3)5-2;1-9-7-8-5-3-2-4-6-8;1-2;/h9H,4-8H2,1-3H3;2-6,9H,7H2,1H3;2H,1H3;1H. The van der Waals surface area contributed by atoms with Crippen molar-refractivity contribution in [1.29, 1.82) is 0 Å². The maximum Gasteiger partial charge on any atom is 0.0491 e. The molecular formula is C18H37NO2. The first-order valence-electron chi connectivity index (χ1n) is 7.95. The third kappa shape index (κ3) is 17.0. The number of hydrogen-bond acceptors (Lipinski definition) is 3. The number of benzene rings is 1. The predicted molar refractivity (Wildman–Crippen MR) is 94.6 cm³/mol. The second kappa shape index (κ2) is 19.1. The molecule has 1 aromatic carbocycles. The van der Waals surface area contributed by atoms with Gasteiger partial charge in [-0.25, -0.2) is 0 Å². The van der Waals surface area contributed by atoms with Crippen LogP contribution >= 0.6 is 0 Å². The zero-order chi connectivity index (χ0) is 16.3. The van der Waals surface area contributed by atoms with E-state index in [-0.39, 0.29) is 1.43 Å². The Morgan fingerprint density at radius 1 is 1.19 bits per heavy atom. The van der Waals surface area contributed by atoms with E-state index in [0.29, 0.717) is 0 Å². The van der Waals surface area contributed by atoms with E-state index >= 15 is 0 Å². The first kappa shape index (κ1) is 22.4. The van der Waals surface area contributed by atoms with Crippen molar-refractivity contribution in [2.24, 2.45) is 5.92 Å². The molecule has 21 heavy (non-hydrogen) atoms. The van der Waals surface area contributed by atoms with Crippen LogP contribution in [0.3, 0.4) is 0 Å². The van der Waals surface area contributed by atoms with Crippen LogP contribution in [-0.4, -0.2) is 32.5 Å². The molecule has 3 heteroatoms. The van der Waals surface area contributed by atoms with Crippen molar-refractivity contribution < 1.29 is 11.3 Å². The molecule has 0 heterocycles. The van der Waals surface area contributed by atoms with E-state index in [1.807, 2.05) is 25.2 Å². The van der Waals surface area contributed by atoms with E-state index in [2.05, 4.69) is 38.2 Å². The smallest absolute Gasteiger partial charge is 0.0491 e. The van der Waals surface area contributed by atoms with Gasteiger partial charge in [0.05, 0.1) is 0 Å². The largest absolute Gasteiger partial charge is 0.400 e. The summed E-state index contributed by atoms with van der Waals surface area (Å²) >= 11 is 0. The minimum atomic E-state index is 0. The number of unbranched alkanes of at least 4 members (excludes halogenated alkanes) is 1. The summed E-state index contributed by atoms with van der Waals surface area (Å²) in [5.74, 6) is 0.733. The molecule has 0 saturated carbocycles. The van der Waals surface area contributed by atoms with Crippen LogP contribution in [0.2, 0.25) is 0 Å². The van der Waals surface area contributed by atoms with Crippen molar-refractivity contribution >= 4 is 0 Å². The first-order valence-corrected chi connectivity index (χ1v) is 7.95. The summed E-state index contributed by atoms with van der Waals surface area (Å²) in [6, 6.07) is 10.3. The molecule has 2 N–H and O–H groups in total. The second-order valence-corrected chi connectivity index (χ2v) is 4.96. The summed E-state index contributed by atoms with van der Waals surface area (Å²) in [6.07, 6.45) is 3.67. The minimum Gasteiger partial charge on any atom is -0.400 e. The fraction of sp³-hybridized carbons (Fsp3) is 0.667. The van der Waals surface area contributed by atoms with Crippen molar-refractivity contribution in [3.05, 3.63) is 35.9 Å². The average molecular weight is 299 g/mol. The molecule has 0 radical (unpaired) electrons. The van der Waals surface area contributed by atoms with E-state index in [1.54, 1.807) is 0 Å². The van der Waals surface area contributed by atoms with Gasteiger partial charge in [0, 0.05) is 28.3 Å². The maximum absolute atomic E-state index is 7.00. The lowest BCUT2D eigenvalue weighted by molar-refractivity contribution is 0.101. The lowest BCUT2D eigenvalue weighted by Crippen LogP contribution is -2.05. The van der Waals surface area contributed by atoms with E-state index in [4.69, 9.17) is 9.84 Å². The number of hydrogen-bond donors (Lipinski definition) is 2. The summed E-state index contributed by atoms with van der Waals surface area (Å²) < 4.78 is 5.43. The molecule has 0 fully saturated rings. The number of rotatable bonds is 8. The minimum absolute atomic E-state index is 0. The van der Waals surface area contributed by atoms with Crippen LogP contribution in [0.15, 0.2) is 30.3 Å². The first-order chi connectivity index (χ1) is 10.2. The Morgan fingerprint density at radius 2 is 1.81 bits per heavy atom. The van der Waals surface area contributed by atoms with Crippen LogP contribution in [0.4, 0.5) is 0 Å². The molecule has 0 saturated heterocycles. The predicted octanol–water partition coefficient (Wildman–Crippen LogP) is 4.11. The highest BCUT2D eigenvalue weighted by molar-refractivity contribution is 5.13. The molecule has 0 bridgehead atoms. The van der Waals surface area contributed by atoms with Crippen LogP contribution in [0.5, 0.6) is 0 Å². The Labute approximate surface area is 133 Å². The van der Waals surface area contributed by atoms with Crippen LogP contribution in [0.25, 0.3) is 0 Å². The Hall–Kier alpha value is -0.900. The topological polar surface area (TPSA) is 41.5 Å². The van der Waals surface area contributed by atoms with E-state index in [0.717, 1.165) is 32.8 Å². The molecule has 1 aromatic rings. The van der Waals surface area contributed by atoms with Crippen molar-refractivity contribution in [3.8, 4) is 0 Å². The van der Waals surface area contributed by atoms with E-state index < -0.39 is 0 Å². The average Bonchev–Trinajstić information content (AvgIpc) is 2.55. The molecular weight excluding hydrogens is 262 g/mol. The third-order valence-electron chi connectivity index (χ3n) is 2.97. The lowest BCUT2D eigenvalue weighted by Gasteiger charge is -2.07. The summed E-state index contributed by atoms with van der Waals surface area (Å²) in [5.41, 5.74) is 1.33. The SMILES string of the molecule is CCCCOCC(C)CC.CNCc1ccccc1.CO.[HH]. The quantitative estimate of drug-likeness (QED) is 0.710. The van der Waals surface area contributed by atoms with Crippen LogP contribution in [0.1, 0.15) is 47.0 Å². The Balaban J connectivity index is -0.000000284. The molecule has 1 unspecified atom stereocenters. The lowest BCUT2D eigenvalue weighted by atomic mass is 10.1. The van der Waals surface area contributed by atoms with Crippen molar-refractivity contribution in [3.63, 3.8) is 0 Å².